The Morgan fingerprint density at radius 2 is 1.96 bits per heavy atom. The van der Waals surface area contributed by atoms with Crippen molar-refractivity contribution in [2.24, 2.45) is 5.92 Å². The van der Waals surface area contributed by atoms with E-state index in [0.29, 0.717) is 35.7 Å². The van der Waals surface area contributed by atoms with Crippen molar-refractivity contribution in [1.82, 2.24) is 4.31 Å². The van der Waals surface area contributed by atoms with Crippen molar-refractivity contribution in [2.45, 2.75) is 25.5 Å². The van der Waals surface area contributed by atoms with Crippen LogP contribution in [0.25, 0.3) is 0 Å². The van der Waals surface area contributed by atoms with E-state index in [2.05, 4.69) is 5.32 Å². The molecule has 1 heterocycles. The molecule has 1 atom stereocenters. The van der Waals surface area contributed by atoms with Gasteiger partial charge < -0.3 is 5.32 Å². The molecular formula is C20H22ClFN2O3S. The minimum absolute atomic E-state index is 0.134. The summed E-state index contributed by atoms with van der Waals surface area (Å²) < 4.78 is 39.9. The highest BCUT2D eigenvalue weighted by molar-refractivity contribution is 7.88. The highest BCUT2D eigenvalue weighted by Gasteiger charge is 2.32. The minimum Gasteiger partial charge on any atom is -0.326 e. The molecule has 2 aromatic carbocycles. The standard InChI is InChI=1S/C20H22ClFN2O3S/c1-14-18(21)5-2-6-19(14)23-20(25)16-4-3-11-24(12-16)28(26,27)13-15-7-9-17(22)10-8-15/h2,5-10,16H,3-4,11-13H2,1H3,(H,23,25)/t16-/m0/s1. The summed E-state index contributed by atoms with van der Waals surface area (Å²) in [6, 6.07) is 10.7. The summed E-state index contributed by atoms with van der Waals surface area (Å²) in [4.78, 5) is 12.7. The lowest BCUT2D eigenvalue weighted by molar-refractivity contribution is -0.120. The molecule has 1 aliphatic rings. The summed E-state index contributed by atoms with van der Waals surface area (Å²) in [7, 11) is -3.59. The fourth-order valence-corrected chi connectivity index (χ4v) is 5.05. The molecule has 1 N–H and O–H groups in total. The molecule has 0 bridgehead atoms. The zero-order valence-electron chi connectivity index (χ0n) is 15.5. The van der Waals surface area contributed by atoms with E-state index in [4.69, 9.17) is 11.6 Å². The van der Waals surface area contributed by atoms with Gasteiger partial charge in [0.1, 0.15) is 5.82 Å². The molecule has 1 aliphatic heterocycles. The average Bonchev–Trinajstić information content (AvgIpc) is 2.67. The molecule has 0 unspecified atom stereocenters. The summed E-state index contributed by atoms with van der Waals surface area (Å²) >= 11 is 6.09. The van der Waals surface area contributed by atoms with Crippen molar-refractivity contribution < 1.29 is 17.6 Å². The first kappa shape index (κ1) is 20.8. The van der Waals surface area contributed by atoms with Crippen LogP contribution in [-0.2, 0) is 20.6 Å². The Kier molecular flexibility index (Phi) is 6.37. The second-order valence-electron chi connectivity index (χ2n) is 6.98. The van der Waals surface area contributed by atoms with Crippen LogP contribution in [-0.4, -0.2) is 31.7 Å². The fourth-order valence-electron chi connectivity index (χ4n) is 3.27. The van der Waals surface area contributed by atoms with Crippen molar-refractivity contribution in [3.63, 3.8) is 0 Å². The number of anilines is 1. The maximum absolute atomic E-state index is 13.0. The zero-order valence-corrected chi connectivity index (χ0v) is 17.1. The van der Waals surface area contributed by atoms with Crippen LogP contribution in [0, 0.1) is 18.7 Å². The Hall–Kier alpha value is -1.96. The summed E-state index contributed by atoms with van der Waals surface area (Å²) in [5.74, 6) is -1.27. The SMILES string of the molecule is Cc1c(Cl)cccc1NC(=O)[C@H]1CCCN(S(=O)(=O)Cc2ccc(F)cc2)C1. The van der Waals surface area contributed by atoms with Crippen molar-refractivity contribution in [2.75, 3.05) is 18.4 Å². The topological polar surface area (TPSA) is 66.5 Å². The second-order valence-corrected chi connectivity index (χ2v) is 9.36. The molecule has 8 heteroatoms. The number of nitrogens with one attached hydrogen (secondary N) is 1. The molecule has 0 saturated carbocycles. The van der Waals surface area contributed by atoms with Crippen molar-refractivity contribution in [1.29, 1.82) is 0 Å². The first-order valence-electron chi connectivity index (χ1n) is 9.04. The molecule has 0 spiro atoms. The predicted octanol–water partition coefficient (Wildman–Crippen LogP) is 3.97. The summed E-state index contributed by atoms with van der Waals surface area (Å²) in [5.41, 5.74) is 1.92. The van der Waals surface area contributed by atoms with Gasteiger partial charge in [-0.3, -0.25) is 4.79 Å². The monoisotopic (exact) mass is 424 g/mol. The van der Waals surface area contributed by atoms with Crippen LogP contribution in [0.15, 0.2) is 42.5 Å². The third-order valence-electron chi connectivity index (χ3n) is 4.94. The van der Waals surface area contributed by atoms with Gasteiger partial charge in [0.25, 0.3) is 0 Å². The van der Waals surface area contributed by atoms with E-state index in [9.17, 15) is 17.6 Å². The zero-order chi connectivity index (χ0) is 20.3. The van der Waals surface area contributed by atoms with Crippen molar-refractivity contribution in [3.05, 3.63) is 64.4 Å². The van der Waals surface area contributed by atoms with E-state index in [1.807, 2.05) is 6.92 Å². The molecule has 28 heavy (non-hydrogen) atoms. The third-order valence-corrected chi connectivity index (χ3v) is 7.16. The van der Waals surface area contributed by atoms with Crippen LogP contribution in [0.4, 0.5) is 10.1 Å². The minimum atomic E-state index is -3.59. The molecule has 0 radical (unpaired) electrons. The van der Waals surface area contributed by atoms with Gasteiger partial charge in [-0.15, -0.1) is 0 Å². The normalized spacial score (nSPS) is 18.0. The van der Waals surface area contributed by atoms with E-state index in [1.54, 1.807) is 18.2 Å². The number of carbonyl (C=O) groups is 1. The number of piperidine rings is 1. The predicted molar refractivity (Wildman–Crippen MR) is 108 cm³/mol. The highest BCUT2D eigenvalue weighted by Crippen LogP contribution is 2.26. The van der Waals surface area contributed by atoms with Gasteiger partial charge in [0, 0.05) is 23.8 Å². The van der Waals surface area contributed by atoms with Crippen molar-refractivity contribution in [3.8, 4) is 0 Å². The Balaban J connectivity index is 1.68. The van der Waals surface area contributed by atoms with E-state index < -0.39 is 21.8 Å². The number of halogens is 2. The van der Waals surface area contributed by atoms with Gasteiger partial charge in [-0.1, -0.05) is 29.8 Å². The first-order valence-corrected chi connectivity index (χ1v) is 11.0. The number of benzene rings is 2. The van der Waals surface area contributed by atoms with Gasteiger partial charge in [-0.05, 0) is 55.2 Å². The maximum Gasteiger partial charge on any atom is 0.228 e. The lowest BCUT2D eigenvalue weighted by atomic mass is 9.98. The third kappa shape index (κ3) is 4.90. The Morgan fingerprint density at radius 3 is 2.68 bits per heavy atom. The van der Waals surface area contributed by atoms with E-state index in [0.717, 1.165) is 5.56 Å². The smallest absolute Gasteiger partial charge is 0.228 e. The van der Waals surface area contributed by atoms with Crippen LogP contribution in [0.1, 0.15) is 24.0 Å². The van der Waals surface area contributed by atoms with Crippen LogP contribution < -0.4 is 5.32 Å². The fraction of sp³-hybridized carbons (Fsp3) is 0.350. The molecule has 3 rings (SSSR count). The van der Waals surface area contributed by atoms with Gasteiger partial charge in [-0.2, -0.15) is 0 Å². The Labute approximate surface area is 169 Å². The number of rotatable bonds is 5. The molecule has 5 nitrogen and oxygen atoms in total. The number of sulfonamides is 1. The van der Waals surface area contributed by atoms with Crippen molar-refractivity contribution >= 4 is 33.2 Å². The van der Waals surface area contributed by atoms with Gasteiger partial charge >= 0.3 is 0 Å². The maximum atomic E-state index is 13.0. The van der Waals surface area contributed by atoms with E-state index in [1.165, 1.54) is 28.6 Å². The summed E-state index contributed by atoms with van der Waals surface area (Å²) in [6.45, 7) is 2.33. The molecule has 1 amide bonds. The number of nitrogens with zero attached hydrogens (tertiary/aromatic N) is 1. The lowest BCUT2D eigenvalue weighted by Crippen LogP contribution is -2.44. The van der Waals surface area contributed by atoms with Crippen LogP contribution in [0.5, 0.6) is 0 Å². The quantitative estimate of drug-likeness (QED) is 0.789. The summed E-state index contributed by atoms with van der Waals surface area (Å²) in [5, 5.41) is 3.42. The van der Waals surface area contributed by atoms with Gasteiger partial charge in [0.2, 0.25) is 15.9 Å². The number of amides is 1. The van der Waals surface area contributed by atoms with Crippen LogP contribution in [0.3, 0.4) is 0 Å². The Bertz CT molecular complexity index is 964. The average molecular weight is 425 g/mol. The largest absolute Gasteiger partial charge is 0.326 e. The number of carbonyl (C=O) groups excluding carboxylic acids is 1. The van der Waals surface area contributed by atoms with Gasteiger partial charge in [-0.25, -0.2) is 17.1 Å². The van der Waals surface area contributed by atoms with E-state index >= 15 is 0 Å². The van der Waals surface area contributed by atoms with Crippen LogP contribution in [0.2, 0.25) is 5.02 Å². The highest BCUT2D eigenvalue weighted by atomic mass is 35.5. The molecule has 150 valence electrons. The molecule has 0 aliphatic carbocycles. The molecule has 2 aromatic rings. The first-order chi connectivity index (χ1) is 13.3. The molecule has 1 saturated heterocycles. The second kappa shape index (κ2) is 8.59. The van der Waals surface area contributed by atoms with Crippen LogP contribution >= 0.6 is 11.6 Å². The molecular weight excluding hydrogens is 403 g/mol. The molecule has 1 fully saturated rings. The number of hydrogen-bond acceptors (Lipinski definition) is 3. The van der Waals surface area contributed by atoms with Gasteiger partial charge in [0.05, 0.1) is 11.7 Å². The lowest BCUT2D eigenvalue weighted by Gasteiger charge is -2.31. The summed E-state index contributed by atoms with van der Waals surface area (Å²) in [6.07, 6.45) is 1.23. The van der Waals surface area contributed by atoms with E-state index in [-0.39, 0.29) is 18.2 Å². The van der Waals surface area contributed by atoms with Gasteiger partial charge in [0.15, 0.2) is 0 Å². The Morgan fingerprint density at radius 1 is 1.25 bits per heavy atom. The molecule has 0 aromatic heterocycles. The number of hydrogen-bond donors (Lipinski definition) is 1.